The van der Waals surface area contributed by atoms with Crippen LogP contribution in [0.4, 0.5) is 0 Å². The summed E-state index contributed by atoms with van der Waals surface area (Å²) in [6, 6.07) is 12.6. The molecule has 184 valence electrons. The molecule has 2 aromatic carbocycles. The van der Waals surface area contributed by atoms with Gasteiger partial charge in [0.15, 0.2) is 16.3 Å². The minimum atomic E-state index is -0.728. The number of hydrogen-bond donors (Lipinski definition) is 1. The maximum absolute atomic E-state index is 13.7. The molecule has 0 saturated carbocycles. The molecule has 5 rings (SSSR count). The number of hydrogen-bond acceptors (Lipinski definition) is 7. The molecule has 0 fully saturated rings. The van der Waals surface area contributed by atoms with Crippen LogP contribution in [0.3, 0.4) is 0 Å². The number of ether oxygens (including phenoxy) is 3. The number of fused-ring (bicyclic) bond motifs is 2. The van der Waals surface area contributed by atoms with E-state index in [-0.39, 0.29) is 11.1 Å². The van der Waals surface area contributed by atoms with E-state index in [0.29, 0.717) is 39.6 Å². The van der Waals surface area contributed by atoms with Crippen molar-refractivity contribution in [3.63, 3.8) is 0 Å². The van der Waals surface area contributed by atoms with Crippen LogP contribution in [0.15, 0.2) is 70.2 Å². The molecular formula is C27H25N3O5S. The van der Waals surface area contributed by atoms with Crippen LogP contribution in [0.2, 0.25) is 0 Å². The maximum atomic E-state index is 13.7. The van der Waals surface area contributed by atoms with Crippen molar-refractivity contribution in [2.75, 3.05) is 20.3 Å². The van der Waals surface area contributed by atoms with Crippen molar-refractivity contribution in [2.45, 2.75) is 19.9 Å². The highest BCUT2D eigenvalue weighted by molar-refractivity contribution is 7.07. The molecule has 1 aliphatic rings. The molecular weight excluding hydrogens is 478 g/mol. The number of H-pyrrole nitrogens is 1. The lowest BCUT2D eigenvalue weighted by molar-refractivity contribution is -0.136. The van der Waals surface area contributed by atoms with Gasteiger partial charge in [-0.05, 0) is 43.7 Å². The Morgan fingerprint density at radius 1 is 1.14 bits per heavy atom. The molecule has 0 amide bonds. The van der Waals surface area contributed by atoms with Crippen LogP contribution in [-0.4, -0.2) is 35.8 Å². The first kappa shape index (κ1) is 23.6. The Hall–Kier alpha value is -4.11. The lowest BCUT2D eigenvalue weighted by Gasteiger charge is -2.23. The van der Waals surface area contributed by atoms with Gasteiger partial charge in [0.2, 0.25) is 0 Å². The number of carbonyl (C=O) groups is 1. The van der Waals surface area contributed by atoms with Crippen LogP contribution >= 0.6 is 11.3 Å². The summed E-state index contributed by atoms with van der Waals surface area (Å²) in [5, 5.41) is 1.02. The summed E-state index contributed by atoms with van der Waals surface area (Å²) < 4.78 is 18.6. The second kappa shape index (κ2) is 9.87. The molecule has 0 radical (unpaired) electrons. The van der Waals surface area contributed by atoms with E-state index in [9.17, 15) is 9.59 Å². The summed E-state index contributed by atoms with van der Waals surface area (Å²) in [6.07, 6.45) is 5.21. The molecule has 1 N–H and O–H groups in total. The summed E-state index contributed by atoms with van der Waals surface area (Å²) in [7, 11) is 1.31. The third-order valence-electron chi connectivity index (χ3n) is 5.92. The van der Waals surface area contributed by atoms with Crippen LogP contribution < -0.4 is 24.4 Å². The number of carbonyl (C=O) groups excluding carboxylic acids is 1. The number of aromatic amines is 1. The summed E-state index contributed by atoms with van der Waals surface area (Å²) in [5.74, 6) is 0.582. The van der Waals surface area contributed by atoms with Gasteiger partial charge in [-0.1, -0.05) is 35.6 Å². The van der Waals surface area contributed by atoms with Crippen molar-refractivity contribution < 1.29 is 19.0 Å². The number of aromatic nitrogens is 2. The zero-order chi connectivity index (χ0) is 25.2. The predicted molar refractivity (Wildman–Crippen MR) is 138 cm³/mol. The highest BCUT2D eigenvalue weighted by atomic mass is 32.1. The topological polar surface area (TPSA) is 94.9 Å². The van der Waals surface area contributed by atoms with Crippen molar-refractivity contribution in [2.24, 2.45) is 4.99 Å². The molecule has 0 aliphatic carbocycles. The van der Waals surface area contributed by atoms with Gasteiger partial charge in [0.25, 0.3) is 5.56 Å². The van der Waals surface area contributed by atoms with Crippen molar-refractivity contribution in [3.05, 3.63) is 91.2 Å². The van der Waals surface area contributed by atoms with E-state index >= 15 is 0 Å². The van der Waals surface area contributed by atoms with Gasteiger partial charge in [-0.3, -0.25) is 9.36 Å². The molecule has 4 aromatic rings. The Kier molecular flexibility index (Phi) is 6.47. The molecule has 9 heteroatoms. The van der Waals surface area contributed by atoms with E-state index in [0.717, 1.165) is 16.5 Å². The van der Waals surface area contributed by atoms with Crippen molar-refractivity contribution in [3.8, 4) is 11.5 Å². The van der Waals surface area contributed by atoms with Gasteiger partial charge >= 0.3 is 5.97 Å². The molecule has 0 saturated heterocycles. The van der Waals surface area contributed by atoms with Gasteiger partial charge in [-0.15, -0.1) is 0 Å². The van der Waals surface area contributed by atoms with Crippen LogP contribution in [0.1, 0.15) is 31.0 Å². The van der Waals surface area contributed by atoms with Gasteiger partial charge in [0.1, 0.15) is 0 Å². The molecule has 3 heterocycles. The van der Waals surface area contributed by atoms with Crippen LogP contribution in [-0.2, 0) is 9.53 Å². The van der Waals surface area contributed by atoms with Gasteiger partial charge in [0.05, 0.1) is 36.5 Å². The number of esters is 1. The van der Waals surface area contributed by atoms with Gasteiger partial charge in [0, 0.05) is 28.9 Å². The van der Waals surface area contributed by atoms with Crippen molar-refractivity contribution in [1.29, 1.82) is 0 Å². The summed E-state index contributed by atoms with van der Waals surface area (Å²) >= 11 is 1.28. The molecule has 0 unspecified atom stereocenters. The molecule has 1 aliphatic heterocycles. The molecule has 8 nitrogen and oxygen atoms in total. The number of nitrogens with zero attached hydrogens (tertiary/aromatic N) is 2. The first-order chi connectivity index (χ1) is 17.5. The van der Waals surface area contributed by atoms with Crippen LogP contribution in [0, 0.1) is 0 Å². The SMILES string of the molecule is CCOc1ccc([C@@H]2C(C(=O)OC)=CN=c3s/c(=C\c4c[nH]c5ccccc45)c(=O)n32)cc1OCC. The van der Waals surface area contributed by atoms with Gasteiger partial charge < -0.3 is 19.2 Å². The second-order valence-corrected chi connectivity index (χ2v) is 9.05. The fourth-order valence-electron chi connectivity index (χ4n) is 4.34. The number of rotatable bonds is 7. The molecule has 2 aromatic heterocycles. The number of para-hydroxylation sites is 1. The molecule has 0 spiro atoms. The first-order valence-corrected chi connectivity index (χ1v) is 12.4. The largest absolute Gasteiger partial charge is 0.490 e. The monoisotopic (exact) mass is 503 g/mol. The summed E-state index contributed by atoms with van der Waals surface area (Å²) in [6.45, 7) is 4.70. The van der Waals surface area contributed by atoms with Crippen molar-refractivity contribution in [1.82, 2.24) is 9.55 Å². The maximum Gasteiger partial charge on any atom is 0.337 e. The van der Waals surface area contributed by atoms with E-state index in [4.69, 9.17) is 14.2 Å². The van der Waals surface area contributed by atoms with Crippen molar-refractivity contribution >= 4 is 34.3 Å². The quantitative estimate of drug-likeness (QED) is 0.391. The average Bonchev–Trinajstić information content (AvgIpc) is 3.45. The number of benzene rings is 2. The standard InChI is InChI=1S/C27H25N3O5S/c1-4-34-21-11-10-16(12-22(21)35-5-2)24-19(26(32)33-3)15-29-27-30(24)25(31)23(36-27)13-17-14-28-20-9-7-6-8-18(17)20/h6-15,24,28H,4-5H2,1-3H3/b23-13-/t24-/m1/s1. The van der Waals surface area contributed by atoms with Crippen LogP contribution in [0.25, 0.3) is 17.0 Å². The fraction of sp³-hybridized carbons (Fsp3) is 0.222. The van der Waals surface area contributed by atoms with E-state index in [1.165, 1.54) is 24.6 Å². The second-order valence-electron chi connectivity index (χ2n) is 8.04. The Balaban J connectivity index is 1.69. The lowest BCUT2D eigenvalue weighted by atomic mass is 9.97. The predicted octanol–water partition coefficient (Wildman–Crippen LogP) is 3.30. The number of thiazole rings is 1. The average molecular weight is 504 g/mol. The number of methoxy groups -OCH3 is 1. The summed E-state index contributed by atoms with van der Waals surface area (Å²) in [5.41, 5.74) is 2.60. The highest BCUT2D eigenvalue weighted by Crippen LogP contribution is 2.35. The van der Waals surface area contributed by atoms with Gasteiger partial charge in [-0.25, -0.2) is 9.79 Å². The highest BCUT2D eigenvalue weighted by Gasteiger charge is 2.31. The lowest BCUT2D eigenvalue weighted by Crippen LogP contribution is -2.39. The molecule has 1 atom stereocenters. The van der Waals surface area contributed by atoms with E-state index in [1.807, 2.05) is 56.5 Å². The minimum absolute atomic E-state index is 0.240. The zero-order valence-corrected chi connectivity index (χ0v) is 20.9. The van der Waals surface area contributed by atoms with E-state index in [1.54, 1.807) is 16.7 Å². The smallest absolute Gasteiger partial charge is 0.337 e. The Morgan fingerprint density at radius 2 is 1.92 bits per heavy atom. The Morgan fingerprint density at radius 3 is 2.69 bits per heavy atom. The zero-order valence-electron chi connectivity index (χ0n) is 20.1. The normalized spacial score (nSPS) is 15.2. The third-order valence-corrected chi connectivity index (χ3v) is 6.91. The minimum Gasteiger partial charge on any atom is -0.490 e. The fourth-order valence-corrected chi connectivity index (χ4v) is 5.30. The number of nitrogens with one attached hydrogen (secondary N) is 1. The summed E-state index contributed by atoms with van der Waals surface area (Å²) in [4.78, 5) is 34.6. The molecule has 36 heavy (non-hydrogen) atoms. The van der Waals surface area contributed by atoms with Gasteiger partial charge in [-0.2, -0.15) is 0 Å². The van der Waals surface area contributed by atoms with E-state index < -0.39 is 12.0 Å². The van der Waals surface area contributed by atoms with E-state index in [2.05, 4.69) is 9.98 Å². The Bertz CT molecular complexity index is 1660. The first-order valence-electron chi connectivity index (χ1n) is 11.6. The molecule has 0 bridgehead atoms. The third kappa shape index (κ3) is 4.11. The van der Waals surface area contributed by atoms with Crippen LogP contribution in [0.5, 0.6) is 11.5 Å². The Labute approximate surface area is 210 Å².